The molecule has 0 aliphatic heterocycles. The molecule has 1 heterocycles. The minimum atomic E-state index is 0.175. The van der Waals surface area contributed by atoms with Crippen LogP contribution >= 0.6 is 11.8 Å². The molecule has 1 aromatic heterocycles. The number of benzene rings is 1. The van der Waals surface area contributed by atoms with Gasteiger partial charge in [0.25, 0.3) is 0 Å². The summed E-state index contributed by atoms with van der Waals surface area (Å²) >= 11 is 1.72. The maximum atomic E-state index is 5.51. The molecule has 0 bridgehead atoms. The van der Waals surface area contributed by atoms with Crippen molar-refractivity contribution < 1.29 is 0 Å². The van der Waals surface area contributed by atoms with Gasteiger partial charge in [-0.3, -0.25) is 0 Å². The lowest BCUT2D eigenvalue weighted by Gasteiger charge is -2.03. The van der Waals surface area contributed by atoms with E-state index in [2.05, 4.69) is 46.1 Å². The summed E-state index contributed by atoms with van der Waals surface area (Å²) in [5, 5.41) is 0. The molecule has 2 aromatic rings. The van der Waals surface area contributed by atoms with Gasteiger partial charge in [0.2, 0.25) is 11.9 Å². The van der Waals surface area contributed by atoms with E-state index in [-0.39, 0.29) is 11.9 Å². The number of nitrogens with zero attached hydrogens (tertiary/aromatic N) is 3. The molecule has 18 heavy (non-hydrogen) atoms. The average Bonchev–Trinajstić information content (AvgIpc) is 2.27. The first-order valence-corrected chi connectivity index (χ1v) is 6.68. The third-order valence-corrected chi connectivity index (χ3v) is 3.30. The monoisotopic (exact) mass is 261 g/mol. The Balaban J connectivity index is 1.92. The Labute approximate surface area is 110 Å². The minimum absolute atomic E-state index is 0.175. The van der Waals surface area contributed by atoms with E-state index in [9.17, 15) is 0 Å². The lowest BCUT2D eigenvalue weighted by molar-refractivity contribution is 0.987. The van der Waals surface area contributed by atoms with Crippen molar-refractivity contribution in [1.29, 1.82) is 0 Å². The minimum Gasteiger partial charge on any atom is -0.368 e. The van der Waals surface area contributed by atoms with Crippen molar-refractivity contribution in [2.75, 3.05) is 11.5 Å². The third-order valence-electron chi connectivity index (χ3n) is 2.30. The molecule has 6 heteroatoms. The predicted molar refractivity (Wildman–Crippen MR) is 74.8 cm³/mol. The van der Waals surface area contributed by atoms with Gasteiger partial charge in [-0.2, -0.15) is 15.0 Å². The Morgan fingerprint density at radius 1 is 1.06 bits per heavy atom. The summed E-state index contributed by atoms with van der Waals surface area (Å²) in [6.45, 7) is 2.08. The first kappa shape index (κ1) is 12.6. The van der Waals surface area contributed by atoms with E-state index in [1.807, 2.05) is 0 Å². The van der Waals surface area contributed by atoms with Crippen LogP contribution in [0.2, 0.25) is 0 Å². The second-order valence-corrected chi connectivity index (χ2v) is 4.94. The fourth-order valence-corrected chi connectivity index (χ4v) is 2.41. The smallest absolute Gasteiger partial charge is 0.225 e. The van der Waals surface area contributed by atoms with Gasteiger partial charge in [-0.1, -0.05) is 29.8 Å². The lowest BCUT2D eigenvalue weighted by atomic mass is 10.2. The molecule has 0 atom stereocenters. The highest BCUT2D eigenvalue weighted by Crippen LogP contribution is 2.17. The second kappa shape index (κ2) is 5.68. The molecule has 0 saturated heterocycles. The van der Waals surface area contributed by atoms with Crippen LogP contribution in [0.1, 0.15) is 17.0 Å². The summed E-state index contributed by atoms with van der Waals surface area (Å²) in [6, 6.07) is 8.42. The summed E-state index contributed by atoms with van der Waals surface area (Å²) in [5.41, 5.74) is 13.6. The maximum Gasteiger partial charge on any atom is 0.225 e. The van der Waals surface area contributed by atoms with Crippen molar-refractivity contribution in [2.45, 2.75) is 18.4 Å². The van der Waals surface area contributed by atoms with Crippen LogP contribution < -0.4 is 11.5 Å². The van der Waals surface area contributed by atoms with Crippen LogP contribution in [-0.4, -0.2) is 15.0 Å². The number of nitrogens with two attached hydrogens (primary N) is 2. The van der Waals surface area contributed by atoms with Crippen molar-refractivity contribution in [3.05, 3.63) is 41.2 Å². The topological polar surface area (TPSA) is 90.7 Å². The Hall–Kier alpha value is -1.82. The van der Waals surface area contributed by atoms with Crippen LogP contribution in [0.15, 0.2) is 24.3 Å². The highest BCUT2D eigenvalue weighted by molar-refractivity contribution is 7.97. The van der Waals surface area contributed by atoms with Crippen molar-refractivity contribution in [3.8, 4) is 0 Å². The summed E-state index contributed by atoms with van der Waals surface area (Å²) in [6.07, 6.45) is 0. The molecule has 0 aliphatic rings. The highest BCUT2D eigenvalue weighted by atomic mass is 32.2. The summed E-state index contributed by atoms with van der Waals surface area (Å²) in [5.74, 6) is 2.55. The van der Waals surface area contributed by atoms with Gasteiger partial charge in [0.1, 0.15) is 5.82 Å². The first-order valence-electron chi connectivity index (χ1n) is 5.52. The van der Waals surface area contributed by atoms with E-state index >= 15 is 0 Å². The molecular formula is C12H15N5S. The maximum absolute atomic E-state index is 5.51. The summed E-state index contributed by atoms with van der Waals surface area (Å²) < 4.78 is 0. The van der Waals surface area contributed by atoms with E-state index in [1.165, 1.54) is 11.1 Å². The van der Waals surface area contributed by atoms with E-state index < -0.39 is 0 Å². The largest absolute Gasteiger partial charge is 0.368 e. The Bertz CT molecular complexity index is 523. The van der Waals surface area contributed by atoms with Gasteiger partial charge in [-0.25, -0.2) is 0 Å². The van der Waals surface area contributed by atoms with Crippen molar-refractivity contribution >= 4 is 23.7 Å². The van der Waals surface area contributed by atoms with Gasteiger partial charge in [0, 0.05) is 5.75 Å². The van der Waals surface area contributed by atoms with Crippen molar-refractivity contribution in [1.82, 2.24) is 15.0 Å². The van der Waals surface area contributed by atoms with Crippen LogP contribution in [0.4, 0.5) is 11.9 Å². The van der Waals surface area contributed by atoms with Gasteiger partial charge in [0.05, 0.1) is 5.75 Å². The quantitative estimate of drug-likeness (QED) is 0.871. The van der Waals surface area contributed by atoms with E-state index in [0.29, 0.717) is 11.6 Å². The van der Waals surface area contributed by atoms with Crippen LogP contribution in [-0.2, 0) is 11.5 Å². The molecule has 94 valence electrons. The van der Waals surface area contributed by atoms with Crippen molar-refractivity contribution in [2.24, 2.45) is 0 Å². The number of nitrogen functional groups attached to an aromatic ring is 2. The number of hydrogen-bond donors (Lipinski definition) is 2. The molecule has 0 radical (unpaired) electrons. The van der Waals surface area contributed by atoms with E-state index in [1.54, 1.807) is 11.8 Å². The van der Waals surface area contributed by atoms with Gasteiger partial charge in [-0.05, 0) is 12.5 Å². The number of hydrogen-bond acceptors (Lipinski definition) is 6. The average molecular weight is 261 g/mol. The number of aryl methyl sites for hydroxylation is 1. The molecule has 1 aromatic carbocycles. The first-order chi connectivity index (χ1) is 8.63. The summed E-state index contributed by atoms with van der Waals surface area (Å²) in [7, 11) is 0. The summed E-state index contributed by atoms with van der Waals surface area (Å²) in [4.78, 5) is 11.8. The molecule has 2 rings (SSSR count). The molecular weight excluding hydrogens is 246 g/mol. The molecule has 0 spiro atoms. The molecule has 5 nitrogen and oxygen atoms in total. The standard InChI is InChI=1S/C12H15N5S/c1-8-3-2-4-9(5-8)6-18-7-10-15-11(13)17-12(14)16-10/h2-5H,6-7H2,1H3,(H4,13,14,15,16,17). The molecule has 4 N–H and O–H groups in total. The predicted octanol–water partition coefficient (Wildman–Crippen LogP) is 1.78. The zero-order valence-electron chi connectivity index (χ0n) is 10.1. The molecule has 0 fully saturated rings. The second-order valence-electron chi connectivity index (χ2n) is 3.95. The highest BCUT2D eigenvalue weighted by Gasteiger charge is 2.02. The van der Waals surface area contributed by atoms with E-state index in [4.69, 9.17) is 11.5 Å². The van der Waals surface area contributed by atoms with E-state index in [0.717, 1.165) is 5.75 Å². The van der Waals surface area contributed by atoms with Crippen LogP contribution in [0.25, 0.3) is 0 Å². The Morgan fingerprint density at radius 3 is 2.44 bits per heavy atom. The number of thioether (sulfide) groups is 1. The molecule has 0 aliphatic carbocycles. The fraction of sp³-hybridized carbons (Fsp3) is 0.250. The zero-order chi connectivity index (χ0) is 13.0. The lowest BCUT2D eigenvalue weighted by Crippen LogP contribution is -2.06. The van der Waals surface area contributed by atoms with Crippen LogP contribution in [0, 0.1) is 6.92 Å². The Morgan fingerprint density at radius 2 is 1.78 bits per heavy atom. The fourth-order valence-electron chi connectivity index (χ4n) is 1.58. The number of anilines is 2. The van der Waals surface area contributed by atoms with Crippen LogP contribution in [0.3, 0.4) is 0 Å². The molecule has 0 saturated carbocycles. The zero-order valence-corrected chi connectivity index (χ0v) is 10.9. The number of rotatable bonds is 4. The molecule has 0 unspecified atom stereocenters. The van der Waals surface area contributed by atoms with Crippen molar-refractivity contribution in [3.63, 3.8) is 0 Å². The van der Waals surface area contributed by atoms with Gasteiger partial charge >= 0.3 is 0 Å². The van der Waals surface area contributed by atoms with Gasteiger partial charge in [-0.15, -0.1) is 11.8 Å². The number of aromatic nitrogens is 3. The SMILES string of the molecule is Cc1cccc(CSCc2nc(N)nc(N)n2)c1. The van der Waals surface area contributed by atoms with Gasteiger partial charge < -0.3 is 11.5 Å². The van der Waals surface area contributed by atoms with Gasteiger partial charge in [0.15, 0.2) is 0 Å². The third kappa shape index (κ3) is 3.59. The molecule has 0 amide bonds. The van der Waals surface area contributed by atoms with Crippen LogP contribution in [0.5, 0.6) is 0 Å². The normalized spacial score (nSPS) is 10.5. The Kier molecular flexibility index (Phi) is 3.99.